The molecule has 0 aliphatic heterocycles. The van der Waals surface area contributed by atoms with E-state index in [0.717, 1.165) is 0 Å². The summed E-state index contributed by atoms with van der Waals surface area (Å²) >= 11 is 0. The number of hydrogen-bond donors (Lipinski definition) is 2. The molecule has 0 aromatic rings. The summed E-state index contributed by atoms with van der Waals surface area (Å²) in [5.74, 6) is -0.155. The first-order valence-electron chi connectivity index (χ1n) is 4.92. The van der Waals surface area contributed by atoms with Gasteiger partial charge in [-0.3, -0.25) is 4.79 Å². The molecule has 0 heterocycles. The summed E-state index contributed by atoms with van der Waals surface area (Å²) in [4.78, 5) is 11.0. The summed E-state index contributed by atoms with van der Waals surface area (Å²) in [6.07, 6.45) is 0. The van der Waals surface area contributed by atoms with E-state index in [2.05, 4.69) is 5.32 Å². The van der Waals surface area contributed by atoms with Gasteiger partial charge < -0.3 is 25.3 Å². The molecular weight excluding hydrogens is 200 g/mol. The Bertz CT molecular complexity index is 155. The molecule has 15 heavy (non-hydrogen) atoms. The van der Waals surface area contributed by atoms with Crippen LogP contribution < -0.4 is 11.1 Å². The van der Waals surface area contributed by atoms with Crippen molar-refractivity contribution in [2.75, 3.05) is 53.2 Å². The van der Waals surface area contributed by atoms with E-state index in [4.69, 9.17) is 19.9 Å². The van der Waals surface area contributed by atoms with Crippen LogP contribution in [0.15, 0.2) is 0 Å². The minimum Gasteiger partial charge on any atom is -0.382 e. The summed E-state index contributed by atoms with van der Waals surface area (Å²) in [7, 11) is 1.61. The lowest BCUT2D eigenvalue weighted by Gasteiger charge is -2.05. The summed E-state index contributed by atoms with van der Waals surface area (Å²) in [6.45, 7) is 2.94. The third kappa shape index (κ3) is 11.2. The monoisotopic (exact) mass is 220 g/mol. The van der Waals surface area contributed by atoms with Crippen LogP contribution in [0.3, 0.4) is 0 Å². The van der Waals surface area contributed by atoms with Crippen molar-refractivity contribution in [2.24, 2.45) is 5.73 Å². The summed E-state index contributed by atoms with van der Waals surface area (Å²) in [5, 5.41) is 2.59. The van der Waals surface area contributed by atoms with Crippen LogP contribution in [0.4, 0.5) is 0 Å². The molecule has 0 aromatic carbocycles. The molecule has 0 aliphatic rings. The summed E-state index contributed by atoms with van der Waals surface area (Å²) < 4.78 is 15.0. The van der Waals surface area contributed by atoms with Crippen LogP contribution in [0.1, 0.15) is 0 Å². The minimum atomic E-state index is -0.155. The fourth-order valence-corrected chi connectivity index (χ4v) is 0.790. The molecule has 6 nitrogen and oxygen atoms in total. The Morgan fingerprint density at radius 1 is 1.20 bits per heavy atom. The highest BCUT2D eigenvalue weighted by Crippen LogP contribution is 1.79. The maximum absolute atomic E-state index is 11.0. The Morgan fingerprint density at radius 2 is 1.87 bits per heavy atom. The molecule has 3 N–H and O–H groups in total. The fraction of sp³-hybridized carbons (Fsp3) is 0.889. The van der Waals surface area contributed by atoms with Gasteiger partial charge in [0.25, 0.3) is 0 Å². The van der Waals surface area contributed by atoms with Gasteiger partial charge in [-0.15, -0.1) is 0 Å². The number of nitrogens with one attached hydrogen (secondary N) is 1. The van der Waals surface area contributed by atoms with Crippen molar-refractivity contribution < 1.29 is 19.0 Å². The van der Waals surface area contributed by atoms with Crippen molar-refractivity contribution in [3.63, 3.8) is 0 Å². The molecule has 0 aliphatic carbocycles. The van der Waals surface area contributed by atoms with Crippen LogP contribution in [0.2, 0.25) is 0 Å². The number of carbonyl (C=O) groups is 1. The van der Waals surface area contributed by atoms with Gasteiger partial charge in [0.1, 0.15) is 6.61 Å². The van der Waals surface area contributed by atoms with E-state index < -0.39 is 0 Å². The summed E-state index contributed by atoms with van der Waals surface area (Å²) in [5.41, 5.74) is 5.21. The fourth-order valence-electron chi connectivity index (χ4n) is 0.790. The average molecular weight is 220 g/mol. The van der Waals surface area contributed by atoms with E-state index in [1.165, 1.54) is 0 Å². The number of amides is 1. The molecule has 0 bridgehead atoms. The zero-order valence-corrected chi connectivity index (χ0v) is 9.16. The molecule has 0 atom stereocenters. The lowest BCUT2D eigenvalue weighted by atomic mass is 10.5. The Hall–Kier alpha value is -0.690. The van der Waals surface area contributed by atoms with Gasteiger partial charge in [0.05, 0.1) is 26.4 Å². The summed E-state index contributed by atoms with van der Waals surface area (Å²) in [6, 6.07) is 0. The first-order chi connectivity index (χ1) is 7.31. The second-order valence-corrected chi connectivity index (χ2v) is 2.80. The zero-order chi connectivity index (χ0) is 11.4. The maximum atomic E-state index is 11.0. The maximum Gasteiger partial charge on any atom is 0.246 e. The molecule has 0 rings (SSSR count). The van der Waals surface area contributed by atoms with Crippen LogP contribution in [-0.2, 0) is 19.0 Å². The number of carbonyl (C=O) groups excluding carboxylic acids is 1. The van der Waals surface area contributed by atoms with Gasteiger partial charge in [-0.1, -0.05) is 0 Å². The zero-order valence-electron chi connectivity index (χ0n) is 9.16. The Kier molecular flexibility index (Phi) is 10.9. The molecule has 0 saturated carbocycles. The smallest absolute Gasteiger partial charge is 0.246 e. The average Bonchev–Trinajstić information content (AvgIpc) is 2.25. The number of nitrogens with two attached hydrogens (primary N) is 1. The quantitative estimate of drug-likeness (QED) is 0.449. The minimum absolute atomic E-state index is 0.0492. The van der Waals surface area contributed by atoms with Gasteiger partial charge in [0, 0.05) is 20.2 Å². The molecule has 90 valence electrons. The third-order valence-corrected chi connectivity index (χ3v) is 1.50. The second-order valence-electron chi connectivity index (χ2n) is 2.80. The number of rotatable bonds is 10. The Balaban J connectivity index is 3.06. The van der Waals surface area contributed by atoms with Gasteiger partial charge in [-0.2, -0.15) is 0 Å². The van der Waals surface area contributed by atoms with Crippen LogP contribution in [0, 0.1) is 0 Å². The molecule has 0 radical (unpaired) electrons. The standard InChI is InChI=1S/C9H20N2O4/c1-13-4-5-14-6-7-15-8-9(12)11-3-2-10/h2-8,10H2,1H3,(H,11,12). The van der Waals surface area contributed by atoms with Crippen molar-refractivity contribution in [3.05, 3.63) is 0 Å². The highest BCUT2D eigenvalue weighted by atomic mass is 16.5. The number of ether oxygens (including phenoxy) is 3. The lowest BCUT2D eigenvalue weighted by molar-refractivity contribution is -0.126. The highest BCUT2D eigenvalue weighted by molar-refractivity contribution is 5.77. The van der Waals surface area contributed by atoms with Gasteiger partial charge >= 0.3 is 0 Å². The topological polar surface area (TPSA) is 82.8 Å². The van der Waals surface area contributed by atoms with Crippen molar-refractivity contribution in [1.82, 2.24) is 5.32 Å². The molecule has 0 fully saturated rings. The molecular formula is C9H20N2O4. The van der Waals surface area contributed by atoms with E-state index in [0.29, 0.717) is 39.5 Å². The Morgan fingerprint density at radius 3 is 2.53 bits per heavy atom. The van der Waals surface area contributed by atoms with Crippen molar-refractivity contribution in [2.45, 2.75) is 0 Å². The number of hydrogen-bond acceptors (Lipinski definition) is 5. The normalized spacial score (nSPS) is 10.3. The second kappa shape index (κ2) is 11.4. The van der Waals surface area contributed by atoms with Gasteiger partial charge in [0.15, 0.2) is 0 Å². The van der Waals surface area contributed by atoms with E-state index in [1.807, 2.05) is 0 Å². The lowest BCUT2D eigenvalue weighted by Crippen LogP contribution is -2.32. The van der Waals surface area contributed by atoms with Crippen molar-refractivity contribution in [3.8, 4) is 0 Å². The molecule has 0 saturated heterocycles. The largest absolute Gasteiger partial charge is 0.382 e. The van der Waals surface area contributed by atoms with Gasteiger partial charge in [0.2, 0.25) is 5.91 Å². The van der Waals surface area contributed by atoms with Crippen LogP contribution in [0.5, 0.6) is 0 Å². The molecule has 0 aromatic heterocycles. The van der Waals surface area contributed by atoms with Gasteiger partial charge in [-0.25, -0.2) is 0 Å². The van der Waals surface area contributed by atoms with Crippen LogP contribution >= 0.6 is 0 Å². The third-order valence-electron chi connectivity index (χ3n) is 1.50. The van der Waals surface area contributed by atoms with E-state index in [9.17, 15) is 4.79 Å². The predicted molar refractivity (Wildman–Crippen MR) is 55.6 cm³/mol. The SMILES string of the molecule is COCCOCCOCC(=O)NCCN. The Labute approximate surface area is 90.1 Å². The van der Waals surface area contributed by atoms with Crippen molar-refractivity contribution >= 4 is 5.91 Å². The highest BCUT2D eigenvalue weighted by Gasteiger charge is 1.98. The van der Waals surface area contributed by atoms with E-state index in [-0.39, 0.29) is 12.5 Å². The molecule has 0 unspecified atom stereocenters. The first kappa shape index (κ1) is 14.3. The molecule has 6 heteroatoms. The van der Waals surface area contributed by atoms with E-state index in [1.54, 1.807) is 7.11 Å². The van der Waals surface area contributed by atoms with Crippen molar-refractivity contribution in [1.29, 1.82) is 0 Å². The molecule has 0 spiro atoms. The predicted octanol–water partition coefficient (Wildman–Crippen LogP) is -1.26. The number of methoxy groups -OCH3 is 1. The molecule has 1 amide bonds. The first-order valence-corrected chi connectivity index (χ1v) is 4.92. The van der Waals surface area contributed by atoms with Gasteiger partial charge in [-0.05, 0) is 0 Å². The van der Waals surface area contributed by atoms with Crippen LogP contribution in [-0.4, -0.2) is 59.1 Å². The van der Waals surface area contributed by atoms with E-state index >= 15 is 0 Å². The van der Waals surface area contributed by atoms with Crippen LogP contribution in [0.25, 0.3) is 0 Å².